The number of hydrogen-bond donors (Lipinski definition) is 1. The Hall–Kier alpha value is -0.650. The van der Waals surface area contributed by atoms with Gasteiger partial charge in [0.25, 0.3) is 0 Å². The number of aryl methyl sites for hydroxylation is 1. The van der Waals surface area contributed by atoms with Crippen LogP contribution in [0, 0.1) is 0 Å². The van der Waals surface area contributed by atoms with Crippen LogP contribution in [-0.4, -0.2) is 36.8 Å². The van der Waals surface area contributed by atoms with Gasteiger partial charge in [-0.3, -0.25) is 0 Å². The third-order valence-corrected chi connectivity index (χ3v) is 4.59. The first kappa shape index (κ1) is 15.7. The first-order valence-corrected chi connectivity index (χ1v) is 8.32. The predicted octanol–water partition coefficient (Wildman–Crippen LogP) is 2.82. The molecule has 0 bridgehead atoms. The predicted molar refractivity (Wildman–Crippen MR) is 85.7 cm³/mol. The van der Waals surface area contributed by atoms with E-state index in [1.54, 1.807) is 0 Å². The van der Waals surface area contributed by atoms with E-state index >= 15 is 0 Å². The maximum Gasteiger partial charge on any atom is 0.186 e. The van der Waals surface area contributed by atoms with Gasteiger partial charge in [-0.1, -0.05) is 13.3 Å². The molecule has 1 aliphatic rings. The molecule has 0 saturated carbocycles. The van der Waals surface area contributed by atoms with Gasteiger partial charge in [-0.2, -0.15) is 0 Å². The van der Waals surface area contributed by atoms with E-state index in [0.29, 0.717) is 0 Å². The molecule has 2 heterocycles. The Morgan fingerprint density at radius 1 is 1.50 bits per heavy atom. The van der Waals surface area contributed by atoms with Crippen LogP contribution in [0.3, 0.4) is 0 Å². The van der Waals surface area contributed by atoms with Crippen molar-refractivity contribution >= 4 is 16.5 Å². The Balaban J connectivity index is 2.21. The largest absolute Gasteiger partial charge is 0.369 e. The molecule has 5 heteroatoms. The molecule has 1 aliphatic heterocycles. The molecule has 4 nitrogen and oxygen atoms in total. The quantitative estimate of drug-likeness (QED) is 0.907. The van der Waals surface area contributed by atoms with Crippen LogP contribution in [0.15, 0.2) is 0 Å². The molecule has 0 aromatic carbocycles. The third-order valence-electron chi connectivity index (χ3n) is 3.43. The number of morpholine rings is 1. The smallest absolute Gasteiger partial charge is 0.186 e. The van der Waals surface area contributed by atoms with Crippen molar-refractivity contribution in [2.45, 2.75) is 58.8 Å². The number of hydrogen-bond acceptors (Lipinski definition) is 5. The maximum atomic E-state index is 5.98. The lowest BCUT2D eigenvalue weighted by Gasteiger charge is -2.41. The van der Waals surface area contributed by atoms with Gasteiger partial charge in [0.1, 0.15) is 0 Å². The lowest BCUT2D eigenvalue weighted by Crippen LogP contribution is -2.52. The summed E-state index contributed by atoms with van der Waals surface area (Å²) < 4.78 is 5.98. The number of nitrogens with zero attached hydrogens (tertiary/aromatic N) is 2. The van der Waals surface area contributed by atoms with Gasteiger partial charge in [0.15, 0.2) is 5.13 Å². The molecule has 0 radical (unpaired) electrons. The van der Waals surface area contributed by atoms with Crippen LogP contribution in [0.1, 0.15) is 44.7 Å². The first-order chi connectivity index (χ1) is 9.45. The average molecular weight is 297 g/mol. The van der Waals surface area contributed by atoms with Crippen LogP contribution < -0.4 is 10.2 Å². The van der Waals surface area contributed by atoms with E-state index < -0.39 is 0 Å². The number of anilines is 1. The minimum Gasteiger partial charge on any atom is -0.369 e. The lowest BCUT2D eigenvalue weighted by atomic mass is 10.1. The summed E-state index contributed by atoms with van der Waals surface area (Å²) in [5.41, 5.74) is 1.16. The molecule has 1 unspecified atom stereocenters. The summed E-state index contributed by atoms with van der Waals surface area (Å²) in [4.78, 5) is 8.65. The Bertz CT molecular complexity index is 421. The van der Waals surface area contributed by atoms with Crippen LogP contribution in [0.2, 0.25) is 0 Å². The van der Waals surface area contributed by atoms with E-state index in [0.717, 1.165) is 37.6 Å². The molecule has 2 rings (SSSR count). The number of ether oxygens (including phenoxy) is 1. The summed E-state index contributed by atoms with van der Waals surface area (Å²) >= 11 is 1.83. The van der Waals surface area contributed by atoms with Crippen molar-refractivity contribution in [1.29, 1.82) is 0 Å². The Kier molecular flexibility index (Phi) is 5.04. The van der Waals surface area contributed by atoms with Crippen molar-refractivity contribution in [3.63, 3.8) is 0 Å². The molecule has 1 atom stereocenters. The third kappa shape index (κ3) is 3.71. The van der Waals surface area contributed by atoms with Crippen molar-refractivity contribution < 1.29 is 4.74 Å². The van der Waals surface area contributed by atoms with Gasteiger partial charge in [0.05, 0.1) is 17.4 Å². The Morgan fingerprint density at radius 2 is 2.25 bits per heavy atom. The molecule has 1 fully saturated rings. The summed E-state index contributed by atoms with van der Waals surface area (Å²) in [5.74, 6) is 0. The summed E-state index contributed by atoms with van der Waals surface area (Å²) in [5, 5.41) is 4.41. The molecule has 1 N–H and O–H groups in total. The molecule has 1 aromatic heterocycles. The van der Waals surface area contributed by atoms with E-state index in [4.69, 9.17) is 9.72 Å². The van der Waals surface area contributed by atoms with Crippen LogP contribution in [0.25, 0.3) is 0 Å². The minimum absolute atomic E-state index is 0.0998. The van der Waals surface area contributed by atoms with Gasteiger partial charge in [-0.05, 0) is 34.2 Å². The molecule has 0 aliphatic carbocycles. The molecular weight excluding hydrogens is 270 g/mol. The first-order valence-electron chi connectivity index (χ1n) is 7.51. The van der Waals surface area contributed by atoms with E-state index in [-0.39, 0.29) is 11.7 Å². The zero-order chi connectivity index (χ0) is 14.8. The normalized spacial score (nSPS) is 22.2. The van der Waals surface area contributed by atoms with Crippen LogP contribution in [0.4, 0.5) is 5.13 Å². The van der Waals surface area contributed by atoms with Crippen molar-refractivity contribution in [3.05, 3.63) is 10.6 Å². The number of thiazole rings is 1. The Labute approximate surface area is 126 Å². The van der Waals surface area contributed by atoms with Gasteiger partial charge in [-0.15, -0.1) is 11.3 Å². The van der Waals surface area contributed by atoms with Crippen LogP contribution in [0.5, 0.6) is 0 Å². The number of rotatable bonds is 5. The standard InChI is InChI=1S/C15H27N3OS/c1-6-7-12-13(8-16-5)20-14(17-12)18-9-11(2)19-15(3,4)10-18/h11,16H,6-10H2,1-5H3. The molecule has 1 saturated heterocycles. The van der Waals surface area contributed by atoms with Crippen molar-refractivity contribution in [2.75, 3.05) is 25.0 Å². The van der Waals surface area contributed by atoms with Crippen LogP contribution >= 0.6 is 11.3 Å². The highest BCUT2D eigenvalue weighted by Crippen LogP contribution is 2.31. The van der Waals surface area contributed by atoms with Gasteiger partial charge in [0.2, 0.25) is 0 Å². The fourth-order valence-corrected chi connectivity index (χ4v) is 3.96. The van der Waals surface area contributed by atoms with Crippen LogP contribution in [-0.2, 0) is 17.7 Å². The number of nitrogens with one attached hydrogen (secondary N) is 1. The molecule has 114 valence electrons. The maximum absolute atomic E-state index is 5.98. The zero-order valence-electron chi connectivity index (χ0n) is 13.3. The molecule has 0 amide bonds. The Morgan fingerprint density at radius 3 is 2.85 bits per heavy atom. The second-order valence-electron chi connectivity index (χ2n) is 6.22. The average Bonchev–Trinajstić information content (AvgIpc) is 2.71. The van der Waals surface area contributed by atoms with Gasteiger partial charge < -0.3 is 15.0 Å². The SMILES string of the molecule is CCCc1nc(N2CC(C)OC(C)(C)C2)sc1CNC. The monoisotopic (exact) mass is 297 g/mol. The topological polar surface area (TPSA) is 37.4 Å². The van der Waals surface area contributed by atoms with Gasteiger partial charge in [0, 0.05) is 24.5 Å². The van der Waals surface area contributed by atoms with E-state index in [2.05, 4.69) is 37.9 Å². The summed E-state index contributed by atoms with van der Waals surface area (Å²) in [6.07, 6.45) is 2.46. The van der Waals surface area contributed by atoms with E-state index in [1.165, 1.54) is 10.6 Å². The second kappa shape index (κ2) is 6.41. The number of aromatic nitrogens is 1. The minimum atomic E-state index is -0.0998. The lowest BCUT2D eigenvalue weighted by molar-refractivity contribution is -0.0749. The molecular formula is C15H27N3OS. The fourth-order valence-electron chi connectivity index (χ4n) is 2.84. The second-order valence-corrected chi connectivity index (χ2v) is 7.28. The summed E-state index contributed by atoms with van der Waals surface area (Å²) in [6.45, 7) is 11.4. The summed E-state index contributed by atoms with van der Waals surface area (Å²) in [6, 6.07) is 0. The van der Waals surface area contributed by atoms with E-state index in [1.807, 2.05) is 18.4 Å². The molecule has 20 heavy (non-hydrogen) atoms. The molecule has 1 aromatic rings. The van der Waals surface area contributed by atoms with Gasteiger partial charge in [-0.25, -0.2) is 4.98 Å². The van der Waals surface area contributed by atoms with Crippen molar-refractivity contribution in [3.8, 4) is 0 Å². The highest BCUT2D eigenvalue weighted by molar-refractivity contribution is 7.15. The van der Waals surface area contributed by atoms with Crippen molar-refractivity contribution in [2.24, 2.45) is 0 Å². The highest BCUT2D eigenvalue weighted by atomic mass is 32.1. The zero-order valence-corrected chi connectivity index (χ0v) is 14.1. The van der Waals surface area contributed by atoms with Crippen molar-refractivity contribution in [1.82, 2.24) is 10.3 Å². The molecule has 0 spiro atoms. The summed E-state index contributed by atoms with van der Waals surface area (Å²) in [7, 11) is 2.00. The van der Waals surface area contributed by atoms with E-state index in [9.17, 15) is 0 Å². The van der Waals surface area contributed by atoms with Gasteiger partial charge >= 0.3 is 0 Å². The highest BCUT2D eigenvalue weighted by Gasteiger charge is 2.32. The fraction of sp³-hybridized carbons (Fsp3) is 0.800.